The minimum absolute atomic E-state index is 0.180. The van der Waals surface area contributed by atoms with Crippen LogP contribution in [0.2, 0.25) is 5.02 Å². The molecule has 0 saturated carbocycles. The van der Waals surface area contributed by atoms with Gasteiger partial charge >= 0.3 is 5.97 Å². The number of ether oxygens (including phenoxy) is 3. The van der Waals surface area contributed by atoms with Gasteiger partial charge in [-0.1, -0.05) is 42.5 Å². The summed E-state index contributed by atoms with van der Waals surface area (Å²) in [6.07, 6.45) is 3.26. The Hall–Kier alpha value is -3.05. The predicted octanol–water partition coefficient (Wildman–Crippen LogP) is 4.26. The number of carbonyl (C=O) groups is 1. The fraction of sp³-hybridized carbons (Fsp3) is 0.100. The third-order valence-electron chi connectivity index (χ3n) is 3.57. The molecule has 0 unspecified atom stereocenters. The van der Waals surface area contributed by atoms with Gasteiger partial charge in [0.15, 0.2) is 17.2 Å². The summed E-state index contributed by atoms with van der Waals surface area (Å²) >= 11 is 6.13. The van der Waals surface area contributed by atoms with Gasteiger partial charge in [0.1, 0.15) is 6.61 Å². The highest BCUT2D eigenvalue weighted by molar-refractivity contribution is 6.34. The Balaban J connectivity index is 1.93. The molecule has 0 bridgehead atoms. The maximum Gasteiger partial charge on any atom is 0.363 e. The van der Waals surface area contributed by atoms with Gasteiger partial charge in [-0.3, -0.25) is 0 Å². The van der Waals surface area contributed by atoms with Gasteiger partial charge in [0.25, 0.3) is 0 Å². The van der Waals surface area contributed by atoms with Crippen molar-refractivity contribution in [2.45, 2.75) is 0 Å². The van der Waals surface area contributed by atoms with Crippen molar-refractivity contribution in [3.8, 4) is 11.5 Å². The molecule has 2 aromatic carbocycles. The van der Waals surface area contributed by atoms with E-state index >= 15 is 0 Å². The Labute approximate surface area is 156 Å². The highest BCUT2D eigenvalue weighted by atomic mass is 35.5. The molecule has 1 aliphatic heterocycles. The molecular weight excluding hydrogens is 354 g/mol. The van der Waals surface area contributed by atoms with Gasteiger partial charge in [-0.2, -0.15) is 0 Å². The lowest BCUT2D eigenvalue weighted by Gasteiger charge is -2.09. The zero-order valence-electron chi connectivity index (χ0n) is 14.1. The summed E-state index contributed by atoms with van der Waals surface area (Å²) in [5.74, 6) is 0.777. The Morgan fingerprint density at radius 2 is 2.04 bits per heavy atom. The first-order valence-corrected chi connectivity index (χ1v) is 8.19. The van der Waals surface area contributed by atoms with Crippen LogP contribution in [-0.2, 0) is 9.53 Å². The van der Waals surface area contributed by atoms with Crippen molar-refractivity contribution in [2.24, 2.45) is 4.99 Å². The summed E-state index contributed by atoms with van der Waals surface area (Å²) in [4.78, 5) is 16.4. The SMILES string of the molecule is C=CCOc1cc(/C=C2\N=C(c3ccccc3Cl)OC2=O)ccc1OC. The van der Waals surface area contributed by atoms with Crippen molar-refractivity contribution >= 4 is 29.5 Å². The second kappa shape index (κ2) is 7.89. The maximum absolute atomic E-state index is 12.1. The molecule has 0 atom stereocenters. The van der Waals surface area contributed by atoms with Crippen molar-refractivity contribution in [3.63, 3.8) is 0 Å². The van der Waals surface area contributed by atoms with E-state index < -0.39 is 5.97 Å². The van der Waals surface area contributed by atoms with E-state index in [2.05, 4.69) is 11.6 Å². The molecule has 0 aliphatic carbocycles. The average molecular weight is 370 g/mol. The van der Waals surface area contributed by atoms with E-state index in [-0.39, 0.29) is 11.6 Å². The van der Waals surface area contributed by atoms with E-state index in [0.29, 0.717) is 28.7 Å². The number of methoxy groups -OCH3 is 1. The predicted molar refractivity (Wildman–Crippen MR) is 101 cm³/mol. The molecule has 1 heterocycles. The van der Waals surface area contributed by atoms with Gasteiger partial charge < -0.3 is 14.2 Å². The van der Waals surface area contributed by atoms with Crippen LogP contribution in [0.25, 0.3) is 6.08 Å². The lowest BCUT2D eigenvalue weighted by molar-refractivity contribution is -0.129. The topological polar surface area (TPSA) is 57.1 Å². The molecule has 0 amide bonds. The fourth-order valence-corrected chi connectivity index (χ4v) is 2.58. The molecule has 26 heavy (non-hydrogen) atoms. The molecular formula is C20H16ClNO4. The number of nitrogens with zero attached hydrogens (tertiary/aromatic N) is 1. The molecule has 6 heteroatoms. The molecule has 2 aromatic rings. The number of aliphatic imine (C=N–C) groups is 1. The van der Waals surface area contributed by atoms with Crippen LogP contribution in [0.1, 0.15) is 11.1 Å². The number of carbonyl (C=O) groups excluding carboxylic acids is 1. The summed E-state index contributed by atoms with van der Waals surface area (Å²) < 4.78 is 16.1. The Bertz CT molecular complexity index is 918. The molecule has 0 spiro atoms. The van der Waals surface area contributed by atoms with Crippen LogP contribution < -0.4 is 9.47 Å². The summed E-state index contributed by atoms with van der Waals surface area (Å²) in [5.41, 5.74) is 1.47. The summed E-state index contributed by atoms with van der Waals surface area (Å²) in [6, 6.07) is 12.3. The van der Waals surface area contributed by atoms with Crippen molar-refractivity contribution < 1.29 is 19.0 Å². The monoisotopic (exact) mass is 369 g/mol. The standard InChI is InChI=1S/C20H16ClNO4/c1-3-10-25-18-12-13(8-9-17(18)24-2)11-16-20(23)26-19(22-16)14-6-4-5-7-15(14)21/h3-9,11-12H,1,10H2,2H3/b16-11-. The van der Waals surface area contributed by atoms with Gasteiger partial charge in [0.05, 0.1) is 17.7 Å². The smallest absolute Gasteiger partial charge is 0.363 e. The average Bonchev–Trinajstić information content (AvgIpc) is 3.00. The largest absolute Gasteiger partial charge is 0.493 e. The van der Waals surface area contributed by atoms with E-state index in [9.17, 15) is 4.79 Å². The highest BCUT2D eigenvalue weighted by Gasteiger charge is 2.25. The lowest BCUT2D eigenvalue weighted by Crippen LogP contribution is -2.05. The third kappa shape index (κ3) is 3.78. The molecule has 0 aromatic heterocycles. The number of cyclic esters (lactones) is 1. The minimum atomic E-state index is -0.538. The minimum Gasteiger partial charge on any atom is -0.493 e. The molecule has 3 rings (SSSR count). The van der Waals surface area contributed by atoms with Gasteiger partial charge in [-0.05, 0) is 35.9 Å². The molecule has 0 saturated heterocycles. The first kappa shape index (κ1) is 17.8. The molecule has 132 valence electrons. The van der Waals surface area contributed by atoms with E-state index in [0.717, 1.165) is 5.56 Å². The highest BCUT2D eigenvalue weighted by Crippen LogP contribution is 2.30. The summed E-state index contributed by atoms with van der Waals surface area (Å²) in [5, 5.41) is 0.463. The van der Waals surface area contributed by atoms with Crippen LogP contribution in [0.3, 0.4) is 0 Å². The number of halogens is 1. The Morgan fingerprint density at radius 1 is 1.23 bits per heavy atom. The quantitative estimate of drug-likeness (QED) is 0.433. The number of esters is 1. The first-order chi connectivity index (χ1) is 12.6. The maximum atomic E-state index is 12.1. The van der Waals surface area contributed by atoms with Gasteiger partial charge in [0, 0.05) is 0 Å². The van der Waals surface area contributed by atoms with Crippen LogP contribution in [0, 0.1) is 0 Å². The van der Waals surface area contributed by atoms with Crippen molar-refractivity contribution in [1.82, 2.24) is 0 Å². The van der Waals surface area contributed by atoms with E-state index in [1.54, 1.807) is 61.7 Å². The van der Waals surface area contributed by atoms with E-state index in [4.69, 9.17) is 25.8 Å². The van der Waals surface area contributed by atoms with Crippen LogP contribution >= 0.6 is 11.6 Å². The molecule has 0 N–H and O–H groups in total. The number of hydrogen-bond donors (Lipinski definition) is 0. The molecule has 1 aliphatic rings. The van der Waals surface area contributed by atoms with Crippen LogP contribution in [-0.4, -0.2) is 25.6 Å². The Morgan fingerprint density at radius 3 is 2.77 bits per heavy atom. The van der Waals surface area contributed by atoms with E-state index in [1.165, 1.54) is 0 Å². The second-order valence-corrected chi connectivity index (χ2v) is 5.73. The second-order valence-electron chi connectivity index (χ2n) is 5.33. The van der Waals surface area contributed by atoms with Crippen molar-refractivity contribution in [3.05, 3.63) is 77.0 Å². The Kier molecular flexibility index (Phi) is 5.39. The third-order valence-corrected chi connectivity index (χ3v) is 3.90. The normalized spacial score (nSPS) is 14.8. The van der Waals surface area contributed by atoms with Gasteiger partial charge in [0.2, 0.25) is 5.90 Å². The van der Waals surface area contributed by atoms with Crippen molar-refractivity contribution in [2.75, 3.05) is 13.7 Å². The lowest BCUT2D eigenvalue weighted by atomic mass is 10.1. The first-order valence-electron chi connectivity index (χ1n) is 7.81. The van der Waals surface area contributed by atoms with Gasteiger partial charge in [-0.15, -0.1) is 0 Å². The zero-order valence-corrected chi connectivity index (χ0v) is 14.8. The van der Waals surface area contributed by atoms with E-state index in [1.807, 2.05) is 0 Å². The molecule has 0 fully saturated rings. The van der Waals surface area contributed by atoms with Crippen LogP contribution in [0.4, 0.5) is 0 Å². The number of hydrogen-bond acceptors (Lipinski definition) is 5. The zero-order chi connectivity index (χ0) is 18.5. The molecule has 5 nitrogen and oxygen atoms in total. The van der Waals surface area contributed by atoms with Crippen molar-refractivity contribution in [1.29, 1.82) is 0 Å². The summed E-state index contributed by atoms with van der Waals surface area (Å²) in [6.45, 7) is 3.96. The number of rotatable bonds is 6. The fourth-order valence-electron chi connectivity index (χ4n) is 2.36. The van der Waals surface area contributed by atoms with Crippen LogP contribution in [0.5, 0.6) is 11.5 Å². The molecule has 0 radical (unpaired) electrons. The number of benzene rings is 2. The van der Waals surface area contributed by atoms with Crippen LogP contribution in [0.15, 0.2) is 65.8 Å². The van der Waals surface area contributed by atoms with Gasteiger partial charge in [-0.25, -0.2) is 9.79 Å². The summed E-state index contributed by atoms with van der Waals surface area (Å²) in [7, 11) is 1.56.